The smallest absolute Gasteiger partial charge is 0.00953 e. The second-order valence-electron chi connectivity index (χ2n) is 5.56. The molecule has 1 nitrogen and oxygen atoms in total. The van der Waals surface area contributed by atoms with E-state index in [2.05, 4.69) is 26.1 Å². The third kappa shape index (κ3) is 1.90. The number of hydrogen-bond acceptors (Lipinski definition) is 1. The van der Waals surface area contributed by atoms with Crippen LogP contribution in [0.2, 0.25) is 0 Å². The normalized spacial score (nSPS) is 39.0. The fraction of sp³-hybridized carbons (Fsp3) is 1.00. The van der Waals surface area contributed by atoms with Gasteiger partial charge >= 0.3 is 0 Å². The summed E-state index contributed by atoms with van der Waals surface area (Å²) in [5, 5.41) is 3.83. The lowest BCUT2D eigenvalue weighted by Gasteiger charge is -2.27. The summed E-state index contributed by atoms with van der Waals surface area (Å²) in [5.74, 6) is 0.907. The molecule has 1 heteroatoms. The Morgan fingerprint density at radius 2 is 2.00 bits per heavy atom. The van der Waals surface area contributed by atoms with Crippen molar-refractivity contribution in [1.29, 1.82) is 0 Å². The van der Waals surface area contributed by atoms with Crippen LogP contribution in [0.25, 0.3) is 0 Å². The van der Waals surface area contributed by atoms with Gasteiger partial charge in [0.05, 0.1) is 0 Å². The van der Waals surface area contributed by atoms with Crippen molar-refractivity contribution in [3.05, 3.63) is 0 Å². The van der Waals surface area contributed by atoms with Crippen molar-refractivity contribution in [2.75, 3.05) is 0 Å². The Hall–Kier alpha value is -0.0400. The SMILES string of the molecule is CC1CCCC1NC(C)C1(C)CC1. The minimum Gasteiger partial charge on any atom is -0.311 e. The van der Waals surface area contributed by atoms with E-state index in [9.17, 15) is 0 Å². The van der Waals surface area contributed by atoms with Gasteiger partial charge in [-0.2, -0.15) is 0 Å². The average molecular weight is 181 g/mol. The maximum absolute atomic E-state index is 3.83. The molecule has 0 heterocycles. The molecule has 13 heavy (non-hydrogen) atoms. The Labute approximate surface area is 82.3 Å². The molecule has 0 spiro atoms. The molecule has 2 rings (SSSR count). The lowest BCUT2D eigenvalue weighted by molar-refractivity contribution is 0.308. The molecule has 2 aliphatic rings. The highest BCUT2D eigenvalue weighted by molar-refractivity contribution is 4.98. The number of nitrogens with one attached hydrogen (secondary N) is 1. The van der Waals surface area contributed by atoms with Crippen molar-refractivity contribution in [3.8, 4) is 0 Å². The first kappa shape index (κ1) is 9.51. The Balaban J connectivity index is 1.83. The number of hydrogen-bond donors (Lipinski definition) is 1. The van der Waals surface area contributed by atoms with E-state index in [0.29, 0.717) is 5.41 Å². The molecule has 2 aliphatic carbocycles. The highest BCUT2D eigenvalue weighted by atomic mass is 15.0. The maximum Gasteiger partial charge on any atom is 0.00953 e. The van der Waals surface area contributed by atoms with Gasteiger partial charge in [-0.15, -0.1) is 0 Å². The molecule has 2 saturated carbocycles. The van der Waals surface area contributed by atoms with Crippen molar-refractivity contribution in [2.45, 2.75) is 65.0 Å². The van der Waals surface area contributed by atoms with Crippen LogP contribution in [0.4, 0.5) is 0 Å². The zero-order valence-corrected chi connectivity index (χ0v) is 9.27. The maximum atomic E-state index is 3.83. The Bertz CT molecular complexity index is 184. The van der Waals surface area contributed by atoms with Gasteiger partial charge in [-0.3, -0.25) is 0 Å². The summed E-state index contributed by atoms with van der Waals surface area (Å²) in [4.78, 5) is 0. The van der Waals surface area contributed by atoms with Crippen LogP contribution in [0, 0.1) is 11.3 Å². The standard InChI is InChI=1S/C12H23N/c1-9-5-4-6-11(9)13-10(2)12(3)7-8-12/h9-11,13H,4-8H2,1-3H3. The van der Waals surface area contributed by atoms with E-state index in [1.54, 1.807) is 0 Å². The van der Waals surface area contributed by atoms with Gasteiger partial charge in [-0.1, -0.05) is 20.3 Å². The number of rotatable bonds is 3. The van der Waals surface area contributed by atoms with E-state index >= 15 is 0 Å². The van der Waals surface area contributed by atoms with E-state index in [4.69, 9.17) is 0 Å². The van der Waals surface area contributed by atoms with Gasteiger partial charge in [0.2, 0.25) is 0 Å². The molecular formula is C12H23N. The molecule has 1 N–H and O–H groups in total. The van der Waals surface area contributed by atoms with Crippen molar-refractivity contribution in [1.82, 2.24) is 5.32 Å². The summed E-state index contributed by atoms with van der Waals surface area (Å²) in [6.45, 7) is 7.19. The minimum absolute atomic E-state index is 0.641. The van der Waals surface area contributed by atoms with Crippen LogP contribution >= 0.6 is 0 Å². The van der Waals surface area contributed by atoms with E-state index < -0.39 is 0 Å². The van der Waals surface area contributed by atoms with Crippen LogP contribution in [-0.2, 0) is 0 Å². The molecule has 0 aromatic carbocycles. The molecule has 76 valence electrons. The van der Waals surface area contributed by atoms with Crippen LogP contribution in [-0.4, -0.2) is 12.1 Å². The summed E-state index contributed by atoms with van der Waals surface area (Å²) in [7, 11) is 0. The topological polar surface area (TPSA) is 12.0 Å². The van der Waals surface area contributed by atoms with Crippen LogP contribution < -0.4 is 5.32 Å². The molecule has 0 amide bonds. The minimum atomic E-state index is 0.641. The molecule has 2 fully saturated rings. The second-order valence-corrected chi connectivity index (χ2v) is 5.56. The fourth-order valence-electron chi connectivity index (χ4n) is 2.55. The van der Waals surface area contributed by atoms with E-state index in [0.717, 1.165) is 18.0 Å². The Morgan fingerprint density at radius 1 is 1.31 bits per heavy atom. The lowest BCUT2D eigenvalue weighted by Crippen LogP contribution is -2.42. The van der Waals surface area contributed by atoms with Crippen LogP contribution in [0.15, 0.2) is 0 Å². The van der Waals surface area contributed by atoms with Crippen molar-refractivity contribution in [2.24, 2.45) is 11.3 Å². The summed E-state index contributed by atoms with van der Waals surface area (Å²) >= 11 is 0. The van der Waals surface area contributed by atoms with Crippen molar-refractivity contribution >= 4 is 0 Å². The zero-order valence-electron chi connectivity index (χ0n) is 9.27. The zero-order chi connectivity index (χ0) is 9.47. The van der Waals surface area contributed by atoms with Crippen LogP contribution in [0.3, 0.4) is 0 Å². The van der Waals surface area contributed by atoms with Gasteiger partial charge < -0.3 is 5.32 Å². The van der Waals surface area contributed by atoms with Gasteiger partial charge in [-0.25, -0.2) is 0 Å². The summed E-state index contributed by atoms with van der Waals surface area (Å²) < 4.78 is 0. The van der Waals surface area contributed by atoms with Crippen molar-refractivity contribution in [3.63, 3.8) is 0 Å². The molecule has 0 radical (unpaired) electrons. The first-order chi connectivity index (χ1) is 6.12. The molecule has 0 saturated heterocycles. The summed E-state index contributed by atoms with van der Waals surface area (Å²) in [6.07, 6.45) is 7.13. The van der Waals surface area contributed by atoms with Gasteiger partial charge in [0, 0.05) is 12.1 Å². The highest BCUT2D eigenvalue weighted by Crippen LogP contribution is 2.48. The third-order valence-electron chi connectivity index (χ3n) is 4.41. The quantitative estimate of drug-likeness (QED) is 0.706. The second kappa shape index (κ2) is 3.27. The lowest BCUT2D eigenvalue weighted by atomic mass is 9.97. The first-order valence-electron chi connectivity index (χ1n) is 5.88. The third-order valence-corrected chi connectivity index (χ3v) is 4.41. The molecular weight excluding hydrogens is 158 g/mol. The Kier molecular flexibility index (Phi) is 2.39. The molecule has 3 atom stereocenters. The highest BCUT2D eigenvalue weighted by Gasteiger charge is 2.43. The van der Waals surface area contributed by atoms with Crippen LogP contribution in [0.5, 0.6) is 0 Å². The van der Waals surface area contributed by atoms with E-state index in [-0.39, 0.29) is 0 Å². The summed E-state index contributed by atoms with van der Waals surface area (Å²) in [6, 6.07) is 1.55. The predicted octanol–water partition coefficient (Wildman–Crippen LogP) is 2.95. The largest absolute Gasteiger partial charge is 0.311 e. The van der Waals surface area contributed by atoms with E-state index in [1.807, 2.05) is 0 Å². The van der Waals surface area contributed by atoms with Crippen molar-refractivity contribution < 1.29 is 0 Å². The van der Waals surface area contributed by atoms with Gasteiger partial charge in [0.25, 0.3) is 0 Å². The molecule has 0 aliphatic heterocycles. The fourth-order valence-corrected chi connectivity index (χ4v) is 2.55. The Morgan fingerprint density at radius 3 is 2.46 bits per heavy atom. The molecule has 0 bridgehead atoms. The average Bonchev–Trinajstić information content (AvgIpc) is 2.72. The predicted molar refractivity (Wildman–Crippen MR) is 56.7 cm³/mol. The molecule has 0 aromatic heterocycles. The molecule has 3 unspecified atom stereocenters. The van der Waals surface area contributed by atoms with Gasteiger partial charge in [0.1, 0.15) is 0 Å². The van der Waals surface area contributed by atoms with Gasteiger partial charge in [0.15, 0.2) is 0 Å². The molecule has 0 aromatic rings. The van der Waals surface area contributed by atoms with E-state index in [1.165, 1.54) is 32.1 Å². The van der Waals surface area contributed by atoms with Gasteiger partial charge in [-0.05, 0) is 43.9 Å². The monoisotopic (exact) mass is 181 g/mol. The summed E-state index contributed by atoms with van der Waals surface area (Å²) in [5.41, 5.74) is 0.641. The van der Waals surface area contributed by atoms with Crippen LogP contribution in [0.1, 0.15) is 52.9 Å². The first-order valence-corrected chi connectivity index (χ1v) is 5.88.